The molecule has 0 bridgehead atoms. The topological polar surface area (TPSA) is 48.9 Å². The Kier molecular flexibility index (Phi) is 7.32. The first kappa shape index (κ1) is 25.2. The standard InChI is InChI=1S/C27H33F3N4O2/c1-32(26(35)25(34-11-2-3-12-34)19-5-6-22(28)23(29)15-19)9-4-10-33-13-7-27(8-14-33)21-16-24(30)31-17-20(21)18-36-27/h5-6,15-17,25H,2-4,7-14,18H2,1H3. The molecule has 1 amide bonds. The van der Waals surface area contributed by atoms with Gasteiger partial charge in [-0.3, -0.25) is 9.69 Å². The molecule has 2 aromatic rings. The van der Waals surface area contributed by atoms with Gasteiger partial charge in [-0.15, -0.1) is 0 Å². The second-order valence-corrected chi connectivity index (χ2v) is 10.2. The van der Waals surface area contributed by atoms with Crippen LogP contribution in [0.15, 0.2) is 30.5 Å². The zero-order chi connectivity index (χ0) is 25.3. The van der Waals surface area contributed by atoms with E-state index in [0.717, 1.165) is 88.1 Å². The minimum Gasteiger partial charge on any atom is -0.365 e. The number of ether oxygens (including phenoxy) is 1. The maximum atomic E-state index is 14.0. The Hall–Kier alpha value is -2.49. The van der Waals surface area contributed by atoms with Crippen LogP contribution < -0.4 is 0 Å². The maximum absolute atomic E-state index is 14.0. The molecule has 3 aliphatic rings. The predicted octanol–water partition coefficient (Wildman–Crippen LogP) is 4.01. The predicted molar refractivity (Wildman–Crippen MR) is 128 cm³/mol. The summed E-state index contributed by atoms with van der Waals surface area (Å²) in [6.45, 7) is 5.10. The number of carbonyl (C=O) groups excluding carboxylic acids is 1. The van der Waals surface area contributed by atoms with Crippen molar-refractivity contribution in [3.05, 3.63) is 64.7 Å². The number of amides is 1. The average molecular weight is 503 g/mol. The Morgan fingerprint density at radius 2 is 1.86 bits per heavy atom. The quantitative estimate of drug-likeness (QED) is 0.536. The van der Waals surface area contributed by atoms with Crippen molar-refractivity contribution in [1.82, 2.24) is 19.7 Å². The highest BCUT2D eigenvalue weighted by atomic mass is 19.2. The van der Waals surface area contributed by atoms with E-state index in [4.69, 9.17) is 4.74 Å². The fraction of sp³-hybridized carbons (Fsp3) is 0.556. The number of piperidine rings is 1. The normalized spacial score (nSPS) is 20.6. The van der Waals surface area contributed by atoms with E-state index in [-0.39, 0.29) is 5.91 Å². The van der Waals surface area contributed by atoms with Gasteiger partial charge in [-0.1, -0.05) is 6.07 Å². The van der Waals surface area contributed by atoms with Crippen LogP contribution in [0.4, 0.5) is 13.2 Å². The molecule has 5 rings (SSSR count). The van der Waals surface area contributed by atoms with E-state index in [1.807, 2.05) is 0 Å². The molecular formula is C27H33F3N4O2. The molecule has 1 atom stereocenters. The van der Waals surface area contributed by atoms with Crippen molar-refractivity contribution in [2.24, 2.45) is 0 Å². The highest BCUT2D eigenvalue weighted by Crippen LogP contribution is 2.44. The fourth-order valence-corrected chi connectivity index (χ4v) is 5.88. The Morgan fingerprint density at radius 1 is 1.11 bits per heavy atom. The molecule has 1 aromatic heterocycles. The average Bonchev–Trinajstić information content (AvgIpc) is 3.52. The lowest BCUT2D eigenvalue weighted by Crippen LogP contribution is -2.44. The van der Waals surface area contributed by atoms with Crippen LogP contribution >= 0.6 is 0 Å². The Labute approximate surface area is 210 Å². The number of fused-ring (bicyclic) bond motifs is 2. The summed E-state index contributed by atoms with van der Waals surface area (Å²) in [4.78, 5) is 23.3. The molecule has 0 saturated carbocycles. The summed E-state index contributed by atoms with van der Waals surface area (Å²) in [5.74, 6) is -2.39. The molecule has 36 heavy (non-hydrogen) atoms. The third-order valence-electron chi connectivity index (χ3n) is 7.95. The molecule has 6 nitrogen and oxygen atoms in total. The van der Waals surface area contributed by atoms with Gasteiger partial charge in [0.15, 0.2) is 11.6 Å². The van der Waals surface area contributed by atoms with Gasteiger partial charge < -0.3 is 14.5 Å². The molecule has 0 radical (unpaired) electrons. The monoisotopic (exact) mass is 502 g/mol. The maximum Gasteiger partial charge on any atom is 0.244 e. The van der Waals surface area contributed by atoms with Gasteiger partial charge in [0.1, 0.15) is 6.04 Å². The van der Waals surface area contributed by atoms with Crippen LogP contribution in [0, 0.1) is 17.6 Å². The fourth-order valence-electron chi connectivity index (χ4n) is 5.88. The first-order valence-electron chi connectivity index (χ1n) is 12.8. The van der Waals surface area contributed by atoms with Gasteiger partial charge in [0, 0.05) is 38.4 Å². The van der Waals surface area contributed by atoms with Gasteiger partial charge in [-0.25, -0.2) is 13.8 Å². The van der Waals surface area contributed by atoms with Crippen molar-refractivity contribution in [3.8, 4) is 0 Å². The first-order valence-corrected chi connectivity index (χ1v) is 12.8. The summed E-state index contributed by atoms with van der Waals surface area (Å²) in [5, 5.41) is 0. The Bertz CT molecular complexity index is 1100. The summed E-state index contributed by atoms with van der Waals surface area (Å²) in [7, 11) is 1.78. The van der Waals surface area contributed by atoms with E-state index in [0.29, 0.717) is 18.7 Å². The number of pyridine rings is 1. The van der Waals surface area contributed by atoms with Gasteiger partial charge >= 0.3 is 0 Å². The number of benzene rings is 1. The molecule has 0 aliphatic carbocycles. The molecule has 0 N–H and O–H groups in total. The molecular weight excluding hydrogens is 469 g/mol. The summed E-state index contributed by atoms with van der Waals surface area (Å²) >= 11 is 0. The van der Waals surface area contributed by atoms with Crippen LogP contribution in [0.5, 0.6) is 0 Å². The smallest absolute Gasteiger partial charge is 0.244 e. The first-order chi connectivity index (χ1) is 17.4. The van der Waals surface area contributed by atoms with Gasteiger partial charge in [0.2, 0.25) is 11.9 Å². The number of likely N-dealkylation sites (N-methyl/N-ethyl adjacent to an activating group) is 1. The number of aromatic nitrogens is 1. The van der Waals surface area contributed by atoms with Crippen LogP contribution in [0.1, 0.15) is 54.8 Å². The zero-order valence-electron chi connectivity index (χ0n) is 20.7. The molecule has 2 fully saturated rings. The number of carbonyl (C=O) groups is 1. The zero-order valence-corrected chi connectivity index (χ0v) is 20.7. The SMILES string of the molecule is CN(CCCN1CCC2(CC1)OCc1cnc(F)cc12)C(=O)C(c1ccc(F)c(F)c1)N1CCCC1. The van der Waals surface area contributed by atoms with E-state index in [1.165, 1.54) is 12.1 Å². The van der Waals surface area contributed by atoms with Crippen molar-refractivity contribution >= 4 is 5.91 Å². The number of rotatable bonds is 7. The molecule has 2 saturated heterocycles. The van der Waals surface area contributed by atoms with Gasteiger partial charge in [0.25, 0.3) is 0 Å². The largest absolute Gasteiger partial charge is 0.365 e. The number of likely N-dealkylation sites (tertiary alicyclic amines) is 2. The second kappa shape index (κ2) is 10.5. The Morgan fingerprint density at radius 3 is 2.58 bits per heavy atom. The highest BCUT2D eigenvalue weighted by Gasteiger charge is 2.43. The van der Waals surface area contributed by atoms with Crippen LogP contribution in [-0.2, 0) is 21.7 Å². The number of nitrogens with zero attached hydrogens (tertiary/aromatic N) is 4. The van der Waals surface area contributed by atoms with E-state index < -0.39 is 29.2 Å². The molecule has 194 valence electrons. The third kappa shape index (κ3) is 5.01. The molecule has 3 aliphatic heterocycles. The van der Waals surface area contributed by atoms with Crippen LogP contribution in [0.2, 0.25) is 0 Å². The lowest BCUT2D eigenvalue weighted by molar-refractivity contribution is -0.135. The van der Waals surface area contributed by atoms with Gasteiger partial charge in [-0.05, 0) is 81.1 Å². The van der Waals surface area contributed by atoms with Crippen molar-refractivity contribution < 1.29 is 22.7 Å². The van der Waals surface area contributed by atoms with Crippen LogP contribution in [0.3, 0.4) is 0 Å². The second-order valence-electron chi connectivity index (χ2n) is 10.2. The van der Waals surface area contributed by atoms with Crippen LogP contribution in [-0.4, -0.2) is 71.9 Å². The number of halogens is 3. The lowest BCUT2D eigenvalue weighted by Gasteiger charge is -2.39. The van der Waals surface area contributed by atoms with Gasteiger partial charge in [-0.2, -0.15) is 4.39 Å². The highest BCUT2D eigenvalue weighted by molar-refractivity contribution is 5.83. The molecule has 1 spiro atoms. The van der Waals surface area contributed by atoms with E-state index in [2.05, 4.69) is 14.8 Å². The number of hydrogen-bond acceptors (Lipinski definition) is 5. The van der Waals surface area contributed by atoms with E-state index in [9.17, 15) is 18.0 Å². The van der Waals surface area contributed by atoms with Crippen molar-refractivity contribution in [3.63, 3.8) is 0 Å². The summed E-state index contributed by atoms with van der Waals surface area (Å²) in [6.07, 6.45) is 5.96. The van der Waals surface area contributed by atoms with Crippen molar-refractivity contribution in [2.45, 2.75) is 50.4 Å². The third-order valence-corrected chi connectivity index (χ3v) is 7.95. The summed E-state index contributed by atoms with van der Waals surface area (Å²) in [6, 6.07) is 4.68. The molecule has 1 aromatic carbocycles. The number of hydrogen-bond donors (Lipinski definition) is 0. The van der Waals surface area contributed by atoms with Crippen LogP contribution in [0.25, 0.3) is 0 Å². The van der Waals surface area contributed by atoms with E-state index >= 15 is 0 Å². The lowest BCUT2D eigenvalue weighted by atomic mass is 9.84. The minimum absolute atomic E-state index is 0.0906. The van der Waals surface area contributed by atoms with Crippen molar-refractivity contribution in [2.75, 3.05) is 46.3 Å². The van der Waals surface area contributed by atoms with E-state index in [1.54, 1.807) is 18.1 Å². The minimum atomic E-state index is -0.928. The molecule has 4 heterocycles. The van der Waals surface area contributed by atoms with Crippen molar-refractivity contribution in [1.29, 1.82) is 0 Å². The summed E-state index contributed by atoms with van der Waals surface area (Å²) in [5.41, 5.74) is 1.98. The summed E-state index contributed by atoms with van der Waals surface area (Å²) < 4.78 is 47.3. The van der Waals surface area contributed by atoms with Gasteiger partial charge in [0.05, 0.1) is 12.2 Å². The Balaban J connectivity index is 1.15. The molecule has 1 unspecified atom stereocenters. The molecule has 9 heteroatoms.